The van der Waals surface area contributed by atoms with E-state index in [0.717, 1.165) is 4.90 Å². The Labute approximate surface area is 112 Å². The second-order valence-corrected chi connectivity index (χ2v) is 7.87. The number of hydrogen-bond donors (Lipinski definition) is 2. The number of aliphatic carboxylic acids is 1. The smallest absolute Gasteiger partial charge is 0.323 e. The van der Waals surface area contributed by atoms with Gasteiger partial charge in [-0.1, -0.05) is 0 Å². The van der Waals surface area contributed by atoms with E-state index in [1.165, 1.54) is 0 Å². The third-order valence-electron chi connectivity index (χ3n) is 2.88. The van der Waals surface area contributed by atoms with Crippen LogP contribution in [0, 0.1) is 0 Å². The predicted molar refractivity (Wildman–Crippen MR) is 69.3 cm³/mol. The zero-order chi connectivity index (χ0) is 14.8. The van der Waals surface area contributed by atoms with Gasteiger partial charge in [0.15, 0.2) is 9.84 Å². The molecule has 0 saturated carbocycles. The minimum atomic E-state index is -3.17. The van der Waals surface area contributed by atoms with Crippen LogP contribution in [0.3, 0.4) is 0 Å². The van der Waals surface area contributed by atoms with Crippen molar-refractivity contribution in [1.82, 2.24) is 4.90 Å². The summed E-state index contributed by atoms with van der Waals surface area (Å²) in [6.45, 7) is 2.83. The molecule has 1 aliphatic heterocycles. The molecule has 0 aromatic carbocycles. The summed E-state index contributed by atoms with van der Waals surface area (Å²) in [6, 6.07) is -0.559. The highest BCUT2D eigenvalue weighted by molar-refractivity contribution is 7.91. The Morgan fingerprint density at radius 1 is 1.42 bits per heavy atom. The van der Waals surface area contributed by atoms with Gasteiger partial charge < -0.3 is 15.7 Å². The van der Waals surface area contributed by atoms with E-state index in [2.05, 4.69) is 0 Å². The monoisotopic (exact) mass is 292 g/mol. The number of nitrogens with two attached hydrogens (primary N) is 1. The van der Waals surface area contributed by atoms with E-state index in [9.17, 15) is 18.0 Å². The van der Waals surface area contributed by atoms with Crippen molar-refractivity contribution in [1.29, 1.82) is 0 Å². The summed E-state index contributed by atoms with van der Waals surface area (Å²) >= 11 is 0. The van der Waals surface area contributed by atoms with Crippen LogP contribution in [0.5, 0.6) is 0 Å². The van der Waals surface area contributed by atoms with Gasteiger partial charge in [0.05, 0.1) is 11.5 Å². The lowest BCUT2D eigenvalue weighted by Crippen LogP contribution is -2.48. The molecule has 7 nitrogen and oxygen atoms in total. The fourth-order valence-electron chi connectivity index (χ4n) is 2.08. The number of carbonyl (C=O) groups is 2. The third kappa shape index (κ3) is 5.15. The van der Waals surface area contributed by atoms with Gasteiger partial charge >= 0.3 is 5.97 Å². The molecule has 0 bridgehead atoms. The zero-order valence-electron chi connectivity index (χ0n) is 11.1. The van der Waals surface area contributed by atoms with Crippen LogP contribution in [0.2, 0.25) is 0 Å². The summed E-state index contributed by atoms with van der Waals surface area (Å²) in [4.78, 5) is 24.0. The highest BCUT2D eigenvalue weighted by Gasteiger charge is 2.36. The molecule has 110 valence electrons. The highest BCUT2D eigenvalue weighted by Crippen LogP contribution is 2.20. The van der Waals surface area contributed by atoms with Crippen molar-refractivity contribution >= 4 is 21.7 Å². The summed E-state index contributed by atoms with van der Waals surface area (Å²) < 4.78 is 22.9. The van der Waals surface area contributed by atoms with Crippen LogP contribution < -0.4 is 5.73 Å². The van der Waals surface area contributed by atoms with Gasteiger partial charge in [-0.25, -0.2) is 8.42 Å². The maximum atomic E-state index is 12.1. The first-order valence-corrected chi connectivity index (χ1v) is 7.83. The quantitative estimate of drug-likeness (QED) is 0.686. The number of rotatable bonds is 5. The number of amides is 1. The Kier molecular flexibility index (Phi) is 4.57. The molecule has 3 N–H and O–H groups in total. The van der Waals surface area contributed by atoms with Crippen molar-refractivity contribution in [2.75, 3.05) is 18.1 Å². The van der Waals surface area contributed by atoms with Gasteiger partial charge in [-0.3, -0.25) is 9.59 Å². The van der Waals surface area contributed by atoms with Gasteiger partial charge in [0, 0.05) is 18.0 Å². The number of carbonyl (C=O) groups excluding carboxylic acids is 1. The molecule has 1 unspecified atom stereocenters. The molecule has 1 atom stereocenters. The Bertz CT molecular complexity index is 466. The summed E-state index contributed by atoms with van der Waals surface area (Å²) in [6.07, 6.45) is 0.267. The van der Waals surface area contributed by atoms with E-state index in [1.807, 2.05) is 0 Å². The molecular formula is C11H20N2O5S. The maximum Gasteiger partial charge on any atom is 0.323 e. The Morgan fingerprint density at radius 2 is 2.00 bits per heavy atom. The van der Waals surface area contributed by atoms with Gasteiger partial charge in [0.1, 0.15) is 6.54 Å². The first-order valence-electron chi connectivity index (χ1n) is 6.01. The van der Waals surface area contributed by atoms with Crippen molar-refractivity contribution in [2.45, 2.75) is 38.3 Å². The van der Waals surface area contributed by atoms with Crippen LogP contribution in [0.4, 0.5) is 0 Å². The van der Waals surface area contributed by atoms with Gasteiger partial charge in [0.2, 0.25) is 5.91 Å². The SMILES string of the molecule is CC(C)(N)CC(=O)N(CC(=O)O)C1CCS(=O)(=O)C1. The van der Waals surface area contributed by atoms with Crippen LogP contribution in [0.15, 0.2) is 0 Å². The molecule has 0 spiro atoms. The third-order valence-corrected chi connectivity index (χ3v) is 4.63. The highest BCUT2D eigenvalue weighted by atomic mass is 32.2. The second-order valence-electron chi connectivity index (χ2n) is 5.64. The number of nitrogens with zero attached hydrogens (tertiary/aromatic N) is 1. The Hall–Kier alpha value is -1.15. The number of hydrogen-bond acceptors (Lipinski definition) is 5. The molecule has 0 aromatic rings. The van der Waals surface area contributed by atoms with Crippen LogP contribution in [0.1, 0.15) is 26.7 Å². The summed E-state index contributed by atoms with van der Waals surface area (Å²) in [5.41, 5.74) is 4.99. The largest absolute Gasteiger partial charge is 0.480 e. The van der Waals surface area contributed by atoms with Crippen molar-refractivity contribution < 1.29 is 23.1 Å². The normalized spacial score (nSPS) is 22.2. The van der Waals surface area contributed by atoms with Crippen molar-refractivity contribution in [3.8, 4) is 0 Å². The van der Waals surface area contributed by atoms with Crippen LogP contribution in [0.25, 0.3) is 0 Å². The van der Waals surface area contributed by atoms with Crippen molar-refractivity contribution in [3.63, 3.8) is 0 Å². The van der Waals surface area contributed by atoms with Crippen molar-refractivity contribution in [2.24, 2.45) is 5.73 Å². The molecule has 0 aliphatic carbocycles. The minimum Gasteiger partial charge on any atom is -0.480 e. The average Bonchev–Trinajstić information content (AvgIpc) is 2.52. The first-order chi connectivity index (χ1) is 8.50. The van der Waals surface area contributed by atoms with Crippen LogP contribution in [-0.4, -0.2) is 59.9 Å². The summed E-state index contributed by atoms with van der Waals surface area (Å²) in [5, 5.41) is 8.85. The van der Waals surface area contributed by atoms with E-state index in [4.69, 9.17) is 10.8 Å². The van der Waals surface area contributed by atoms with E-state index < -0.39 is 39.8 Å². The molecule has 1 amide bonds. The predicted octanol–water partition coefficient (Wildman–Crippen LogP) is -0.786. The van der Waals surface area contributed by atoms with Gasteiger partial charge in [-0.15, -0.1) is 0 Å². The molecular weight excluding hydrogens is 272 g/mol. The summed E-state index contributed by atoms with van der Waals surface area (Å²) in [5.74, 6) is -1.76. The van der Waals surface area contributed by atoms with Crippen LogP contribution in [-0.2, 0) is 19.4 Å². The molecule has 19 heavy (non-hydrogen) atoms. The van der Waals surface area contributed by atoms with Gasteiger partial charge in [-0.05, 0) is 20.3 Å². The number of carboxylic acids is 1. The number of sulfone groups is 1. The Morgan fingerprint density at radius 3 is 2.37 bits per heavy atom. The first kappa shape index (κ1) is 15.9. The maximum absolute atomic E-state index is 12.1. The van der Waals surface area contributed by atoms with E-state index in [0.29, 0.717) is 0 Å². The lowest BCUT2D eigenvalue weighted by atomic mass is 10.0. The van der Waals surface area contributed by atoms with E-state index in [1.54, 1.807) is 13.8 Å². The molecule has 1 saturated heterocycles. The standard InChI is InChI=1S/C11H20N2O5S/c1-11(2,12)5-9(14)13(6-10(15)16)8-3-4-19(17,18)7-8/h8H,3-7,12H2,1-2H3,(H,15,16). The lowest BCUT2D eigenvalue weighted by molar-refractivity contribution is -0.146. The molecule has 0 aromatic heterocycles. The molecule has 1 rings (SSSR count). The zero-order valence-corrected chi connectivity index (χ0v) is 11.9. The van der Waals surface area contributed by atoms with Crippen molar-refractivity contribution in [3.05, 3.63) is 0 Å². The second kappa shape index (κ2) is 5.46. The Balaban J connectivity index is 2.84. The molecule has 1 aliphatic rings. The molecule has 1 fully saturated rings. The topological polar surface area (TPSA) is 118 Å². The average molecular weight is 292 g/mol. The van der Waals surface area contributed by atoms with Crippen LogP contribution >= 0.6 is 0 Å². The molecule has 0 radical (unpaired) electrons. The van der Waals surface area contributed by atoms with Gasteiger partial charge in [-0.2, -0.15) is 0 Å². The van der Waals surface area contributed by atoms with E-state index in [-0.39, 0.29) is 24.3 Å². The fourth-order valence-corrected chi connectivity index (χ4v) is 3.81. The molecule has 8 heteroatoms. The van der Waals surface area contributed by atoms with Gasteiger partial charge in [0.25, 0.3) is 0 Å². The lowest BCUT2D eigenvalue weighted by Gasteiger charge is -2.29. The fraction of sp³-hybridized carbons (Fsp3) is 0.818. The summed E-state index contributed by atoms with van der Waals surface area (Å²) in [7, 11) is -3.17. The number of carboxylic acid groups (broad SMARTS) is 1. The molecule has 1 heterocycles. The minimum absolute atomic E-state index is 0.00686. The van der Waals surface area contributed by atoms with E-state index >= 15 is 0 Å².